The summed E-state index contributed by atoms with van der Waals surface area (Å²) in [4.78, 5) is 28.9. The van der Waals surface area contributed by atoms with Gasteiger partial charge in [-0.3, -0.25) is 9.59 Å². The van der Waals surface area contributed by atoms with Gasteiger partial charge in [0.05, 0.1) is 18.2 Å². The van der Waals surface area contributed by atoms with E-state index in [2.05, 4.69) is 21.5 Å². The van der Waals surface area contributed by atoms with Crippen molar-refractivity contribution in [3.63, 3.8) is 0 Å². The zero-order chi connectivity index (χ0) is 33.3. The van der Waals surface area contributed by atoms with Gasteiger partial charge >= 0.3 is 0 Å². The van der Waals surface area contributed by atoms with Gasteiger partial charge in [-0.05, 0) is 99.4 Å². The van der Waals surface area contributed by atoms with Gasteiger partial charge in [0, 0.05) is 24.2 Å². The maximum Gasteiger partial charge on any atom is 0.251 e. The number of hydrogen-bond acceptors (Lipinski definition) is 5. The molecule has 0 heterocycles. The SMILES string of the molecule is [C-]#[N+]c1ccc2cc(C(=O)NCc3ccc(OCCOc4ccc(CNC(=O)c5ccc6cc(C#N)ccc6c5)cc4)cc3)ccc2c1. The Morgan fingerprint density at radius 2 is 1.06 bits per heavy atom. The molecule has 0 aromatic heterocycles. The van der Waals surface area contributed by atoms with Gasteiger partial charge in [-0.1, -0.05) is 54.6 Å². The van der Waals surface area contributed by atoms with E-state index in [0.29, 0.717) is 60.2 Å². The summed E-state index contributed by atoms with van der Waals surface area (Å²) < 4.78 is 11.6. The van der Waals surface area contributed by atoms with E-state index in [9.17, 15) is 9.59 Å². The van der Waals surface area contributed by atoms with Crippen LogP contribution in [0.3, 0.4) is 0 Å². The van der Waals surface area contributed by atoms with Crippen molar-refractivity contribution in [1.29, 1.82) is 5.26 Å². The van der Waals surface area contributed by atoms with Crippen molar-refractivity contribution in [2.75, 3.05) is 13.2 Å². The van der Waals surface area contributed by atoms with Gasteiger partial charge in [0.15, 0.2) is 5.69 Å². The van der Waals surface area contributed by atoms with Crippen molar-refractivity contribution in [3.05, 3.63) is 161 Å². The maximum absolute atomic E-state index is 12.7. The van der Waals surface area contributed by atoms with Gasteiger partial charge in [0.2, 0.25) is 0 Å². The summed E-state index contributed by atoms with van der Waals surface area (Å²) in [7, 11) is 0. The number of rotatable bonds is 11. The van der Waals surface area contributed by atoms with Gasteiger partial charge < -0.3 is 20.1 Å². The number of nitrogens with zero attached hydrogens (tertiary/aromatic N) is 2. The molecule has 6 rings (SSSR count). The second-order valence-corrected chi connectivity index (χ2v) is 11.1. The lowest BCUT2D eigenvalue weighted by atomic mass is 10.0. The Balaban J connectivity index is 0.903. The van der Waals surface area contributed by atoms with Crippen molar-refractivity contribution in [1.82, 2.24) is 10.6 Å². The minimum absolute atomic E-state index is 0.167. The zero-order valence-electron chi connectivity index (χ0n) is 25.9. The first-order valence-corrected chi connectivity index (χ1v) is 15.3. The monoisotopic (exact) mass is 630 g/mol. The van der Waals surface area contributed by atoms with E-state index in [1.54, 1.807) is 30.3 Å². The molecule has 6 aromatic rings. The quantitative estimate of drug-likeness (QED) is 0.113. The molecule has 0 saturated heterocycles. The molecule has 0 aliphatic carbocycles. The molecule has 48 heavy (non-hydrogen) atoms. The number of ether oxygens (including phenoxy) is 2. The van der Waals surface area contributed by atoms with E-state index in [1.165, 1.54) is 0 Å². The standard InChI is InChI=1S/C40H30N4O4/c1-42-36-13-12-32-22-35(11-9-33(32)23-36)40(46)44-26-28-5-16-38(17-6-28)48-19-18-47-37-14-3-27(4-15-37)25-43-39(45)34-10-8-30-20-29(24-41)2-7-31(30)21-34/h2-17,20-23H,18-19,25-26H2,(H,43,45)(H,44,46). The summed E-state index contributed by atoms with van der Waals surface area (Å²) in [6.07, 6.45) is 0. The first-order valence-electron chi connectivity index (χ1n) is 15.3. The number of nitriles is 1. The highest BCUT2D eigenvalue weighted by Crippen LogP contribution is 2.23. The molecular weight excluding hydrogens is 600 g/mol. The normalized spacial score (nSPS) is 10.5. The second kappa shape index (κ2) is 14.6. The molecule has 0 aliphatic rings. The fourth-order valence-corrected chi connectivity index (χ4v) is 5.20. The van der Waals surface area contributed by atoms with Crippen LogP contribution in [0.1, 0.15) is 37.4 Å². The lowest BCUT2D eigenvalue weighted by Crippen LogP contribution is -2.22. The molecule has 6 aromatic carbocycles. The Kier molecular flexibility index (Phi) is 9.56. The Morgan fingerprint density at radius 3 is 1.56 bits per heavy atom. The van der Waals surface area contributed by atoms with Crippen LogP contribution in [0.2, 0.25) is 0 Å². The highest BCUT2D eigenvalue weighted by atomic mass is 16.5. The van der Waals surface area contributed by atoms with Crippen molar-refractivity contribution < 1.29 is 19.1 Å². The highest BCUT2D eigenvalue weighted by Gasteiger charge is 2.09. The van der Waals surface area contributed by atoms with E-state index in [0.717, 1.165) is 32.7 Å². The van der Waals surface area contributed by atoms with E-state index in [-0.39, 0.29) is 11.8 Å². The molecule has 8 nitrogen and oxygen atoms in total. The second-order valence-electron chi connectivity index (χ2n) is 11.1. The molecule has 2 amide bonds. The average Bonchev–Trinajstić information content (AvgIpc) is 3.14. The topological polar surface area (TPSA) is 105 Å². The Hall–Kier alpha value is -6.64. The summed E-state index contributed by atoms with van der Waals surface area (Å²) in [5.41, 5.74) is 4.17. The molecule has 0 spiro atoms. The van der Waals surface area contributed by atoms with Gasteiger partial charge in [-0.2, -0.15) is 5.26 Å². The molecule has 0 fully saturated rings. The third-order valence-electron chi connectivity index (χ3n) is 7.82. The third-order valence-corrected chi connectivity index (χ3v) is 7.82. The van der Waals surface area contributed by atoms with Crippen LogP contribution in [-0.4, -0.2) is 25.0 Å². The van der Waals surface area contributed by atoms with E-state index in [4.69, 9.17) is 21.3 Å². The molecule has 8 heteroatoms. The van der Waals surface area contributed by atoms with Crippen LogP contribution < -0.4 is 20.1 Å². The van der Waals surface area contributed by atoms with Crippen LogP contribution in [0, 0.1) is 17.9 Å². The van der Waals surface area contributed by atoms with Crippen molar-refractivity contribution in [2.45, 2.75) is 13.1 Å². The molecular formula is C40H30N4O4. The molecule has 234 valence electrons. The number of hydrogen-bond donors (Lipinski definition) is 2. The molecule has 0 saturated carbocycles. The minimum atomic E-state index is -0.171. The highest BCUT2D eigenvalue weighted by molar-refractivity contribution is 5.99. The number of amides is 2. The van der Waals surface area contributed by atoms with Crippen molar-refractivity contribution in [2.24, 2.45) is 0 Å². The third kappa shape index (κ3) is 7.77. The van der Waals surface area contributed by atoms with E-state index >= 15 is 0 Å². The summed E-state index contributed by atoms with van der Waals surface area (Å²) >= 11 is 0. The first kappa shape index (κ1) is 31.3. The minimum Gasteiger partial charge on any atom is -0.490 e. The van der Waals surface area contributed by atoms with Crippen molar-refractivity contribution in [3.8, 4) is 17.6 Å². The molecule has 0 radical (unpaired) electrons. The summed E-state index contributed by atoms with van der Waals surface area (Å²) in [5, 5.41) is 18.6. The predicted molar refractivity (Wildman–Crippen MR) is 185 cm³/mol. The van der Waals surface area contributed by atoms with Gasteiger partial charge in [-0.25, -0.2) is 4.85 Å². The summed E-state index contributed by atoms with van der Waals surface area (Å²) in [5.74, 6) is 1.06. The molecule has 0 unspecified atom stereocenters. The van der Waals surface area contributed by atoms with Crippen LogP contribution in [0.25, 0.3) is 26.4 Å². The summed E-state index contributed by atoms with van der Waals surface area (Å²) in [6, 6.07) is 38.9. The number of fused-ring (bicyclic) bond motifs is 2. The van der Waals surface area contributed by atoms with Crippen LogP contribution in [0.5, 0.6) is 11.5 Å². The van der Waals surface area contributed by atoms with Gasteiger partial charge in [0.1, 0.15) is 24.7 Å². The number of carbonyl (C=O) groups excluding carboxylic acids is 2. The van der Waals surface area contributed by atoms with E-state index < -0.39 is 0 Å². The van der Waals surface area contributed by atoms with Gasteiger partial charge in [0.25, 0.3) is 11.8 Å². The number of benzene rings is 6. The molecule has 0 atom stereocenters. The van der Waals surface area contributed by atoms with Crippen LogP contribution in [0.15, 0.2) is 121 Å². The largest absolute Gasteiger partial charge is 0.490 e. The molecule has 2 N–H and O–H groups in total. The van der Waals surface area contributed by atoms with Crippen molar-refractivity contribution >= 4 is 39.0 Å². The fraction of sp³-hybridized carbons (Fsp3) is 0.100. The lowest BCUT2D eigenvalue weighted by Gasteiger charge is -2.11. The zero-order valence-corrected chi connectivity index (χ0v) is 25.9. The predicted octanol–water partition coefficient (Wildman–Crippen LogP) is 7.73. The molecule has 0 bridgehead atoms. The van der Waals surface area contributed by atoms with Crippen LogP contribution in [-0.2, 0) is 13.1 Å². The van der Waals surface area contributed by atoms with Crippen LogP contribution in [0.4, 0.5) is 5.69 Å². The van der Waals surface area contributed by atoms with E-state index in [1.807, 2.05) is 91.0 Å². The first-order chi connectivity index (χ1) is 23.5. The Labute approximate surface area is 278 Å². The molecule has 0 aliphatic heterocycles. The Bertz CT molecular complexity index is 2040. The maximum atomic E-state index is 12.7. The Morgan fingerprint density at radius 1 is 0.604 bits per heavy atom. The lowest BCUT2D eigenvalue weighted by molar-refractivity contribution is 0.0943. The summed E-state index contributed by atoms with van der Waals surface area (Å²) in [6.45, 7) is 8.62. The fourth-order valence-electron chi connectivity index (χ4n) is 5.20. The van der Waals surface area contributed by atoms with Gasteiger partial charge in [-0.15, -0.1) is 0 Å². The number of nitrogens with one attached hydrogen (secondary N) is 2. The smallest absolute Gasteiger partial charge is 0.251 e. The van der Waals surface area contributed by atoms with Crippen LogP contribution >= 0.6 is 0 Å². The average molecular weight is 631 g/mol. The number of carbonyl (C=O) groups is 2.